The second-order valence-electron chi connectivity index (χ2n) is 8.28. The summed E-state index contributed by atoms with van der Waals surface area (Å²) in [5.74, 6) is 0.426. The maximum atomic E-state index is 13.9. The lowest BCUT2D eigenvalue weighted by atomic mass is 10.1. The molecule has 38 heavy (non-hydrogen) atoms. The third-order valence-corrected chi connectivity index (χ3v) is 6.62. The summed E-state index contributed by atoms with van der Waals surface area (Å²) in [5.41, 5.74) is 8.05. The van der Waals surface area contributed by atoms with E-state index in [2.05, 4.69) is 19.9 Å². The van der Waals surface area contributed by atoms with Crippen molar-refractivity contribution in [2.45, 2.75) is 0 Å². The van der Waals surface area contributed by atoms with Gasteiger partial charge in [-0.25, -0.2) is 19.3 Å². The molecule has 0 radical (unpaired) electrons. The molecule has 2 N–H and O–H groups in total. The Kier molecular flexibility index (Phi) is 7.00. The van der Waals surface area contributed by atoms with Crippen LogP contribution in [0.4, 0.5) is 16.2 Å². The van der Waals surface area contributed by atoms with Gasteiger partial charge in [0, 0.05) is 31.7 Å². The highest BCUT2D eigenvalue weighted by molar-refractivity contribution is 6.34. The van der Waals surface area contributed by atoms with Gasteiger partial charge in [0.05, 0.1) is 31.7 Å². The molecular formula is C24H21Cl2FN8O3. The number of hydrogen-bond donors (Lipinski definition) is 1. The SMILES string of the molecule is COc1ccc(-c2cnc3nc(N)nc(N4CCN(C(=O)c5cc(F)c(Cl)nc5Cl)CC4)c3n2)cc1OC. The molecule has 1 saturated heterocycles. The van der Waals surface area contributed by atoms with E-state index in [1.807, 2.05) is 11.0 Å². The Balaban J connectivity index is 1.42. The molecule has 14 heteroatoms. The van der Waals surface area contributed by atoms with Crippen LogP contribution in [0.25, 0.3) is 22.4 Å². The maximum absolute atomic E-state index is 13.9. The number of carbonyl (C=O) groups excluding carboxylic acids is 1. The number of nitrogen functional groups attached to an aromatic ring is 1. The minimum atomic E-state index is -0.815. The molecule has 196 valence electrons. The Labute approximate surface area is 226 Å². The van der Waals surface area contributed by atoms with Gasteiger partial charge in [0.15, 0.2) is 39.5 Å². The van der Waals surface area contributed by atoms with Gasteiger partial charge in [-0.1, -0.05) is 23.2 Å². The smallest absolute Gasteiger partial charge is 0.257 e. The van der Waals surface area contributed by atoms with Crippen LogP contribution in [-0.4, -0.2) is 76.1 Å². The number of pyridine rings is 1. The average Bonchev–Trinajstić information content (AvgIpc) is 2.93. The minimum Gasteiger partial charge on any atom is -0.493 e. The summed E-state index contributed by atoms with van der Waals surface area (Å²) < 4.78 is 24.6. The molecule has 0 aliphatic carbocycles. The number of carbonyl (C=O) groups is 1. The second kappa shape index (κ2) is 10.4. The van der Waals surface area contributed by atoms with Crippen LogP contribution in [0.3, 0.4) is 0 Å². The fraction of sp³-hybridized carbons (Fsp3) is 0.250. The van der Waals surface area contributed by atoms with Crippen molar-refractivity contribution in [3.05, 3.63) is 52.1 Å². The topological polar surface area (TPSA) is 132 Å². The van der Waals surface area contributed by atoms with Crippen LogP contribution in [0.1, 0.15) is 10.4 Å². The van der Waals surface area contributed by atoms with Crippen LogP contribution in [0.15, 0.2) is 30.5 Å². The summed E-state index contributed by atoms with van der Waals surface area (Å²) in [6.07, 6.45) is 1.60. The molecule has 4 heterocycles. The normalized spacial score (nSPS) is 13.6. The van der Waals surface area contributed by atoms with Gasteiger partial charge in [-0.3, -0.25) is 4.79 Å². The molecule has 11 nitrogen and oxygen atoms in total. The number of aromatic nitrogens is 5. The fourth-order valence-corrected chi connectivity index (χ4v) is 4.55. The highest BCUT2D eigenvalue weighted by Gasteiger charge is 2.27. The Hall–Kier alpha value is -4.03. The van der Waals surface area contributed by atoms with Gasteiger partial charge in [0.25, 0.3) is 5.91 Å². The van der Waals surface area contributed by atoms with E-state index >= 15 is 0 Å². The molecule has 0 atom stereocenters. The monoisotopic (exact) mass is 558 g/mol. The highest BCUT2D eigenvalue weighted by Crippen LogP contribution is 2.33. The van der Waals surface area contributed by atoms with E-state index in [1.54, 1.807) is 37.4 Å². The van der Waals surface area contributed by atoms with Crippen LogP contribution < -0.4 is 20.1 Å². The molecule has 0 bridgehead atoms. The number of methoxy groups -OCH3 is 2. The van der Waals surface area contributed by atoms with E-state index in [0.29, 0.717) is 60.4 Å². The number of anilines is 2. The summed E-state index contributed by atoms with van der Waals surface area (Å²) in [7, 11) is 3.12. The van der Waals surface area contributed by atoms with Crippen LogP contribution >= 0.6 is 23.2 Å². The van der Waals surface area contributed by atoms with E-state index in [1.165, 1.54) is 0 Å². The number of amides is 1. The number of halogens is 3. The third-order valence-electron chi connectivity index (χ3n) is 6.07. The fourth-order valence-electron chi connectivity index (χ4n) is 4.15. The molecule has 1 amide bonds. The number of piperazine rings is 1. The summed E-state index contributed by atoms with van der Waals surface area (Å²) >= 11 is 11.7. The third kappa shape index (κ3) is 4.79. The van der Waals surface area contributed by atoms with Gasteiger partial charge in [-0.2, -0.15) is 9.97 Å². The first-order valence-corrected chi connectivity index (χ1v) is 12.1. The van der Waals surface area contributed by atoms with E-state index in [0.717, 1.165) is 11.6 Å². The largest absolute Gasteiger partial charge is 0.493 e. The zero-order valence-corrected chi connectivity index (χ0v) is 21.8. The first-order valence-electron chi connectivity index (χ1n) is 11.4. The lowest BCUT2D eigenvalue weighted by Crippen LogP contribution is -2.49. The summed E-state index contributed by atoms with van der Waals surface area (Å²) in [6.45, 7) is 1.43. The van der Waals surface area contributed by atoms with Gasteiger partial charge in [-0.15, -0.1) is 0 Å². The Bertz CT molecular complexity index is 1550. The first kappa shape index (κ1) is 25.6. The van der Waals surface area contributed by atoms with Gasteiger partial charge in [0.2, 0.25) is 5.95 Å². The Morgan fingerprint density at radius 2 is 1.71 bits per heavy atom. The standard InChI is InChI=1S/C24H21Cl2FN8O3/c1-37-16-4-3-12(9-17(16)38-2)15-11-29-21-18(30-15)22(33-24(28)32-21)34-5-7-35(8-6-34)23(36)13-10-14(27)20(26)31-19(13)25/h3-4,9-11H,5-8H2,1-2H3,(H2,28,29,32,33). The molecule has 1 aliphatic heterocycles. The van der Waals surface area contributed by atoms with Crippen LogP contribution in [-0.2, 0) is 0 Å². The van der Waals surface area contributed by atoms with E-state index in [-0.39, 0.29) is 16.7 Å². The summed E-state index contributed by atoms with van der Waals surface area (Å²) in [4.78, 5) is 38.1. The van der Waals surface area contributed by atoms with E-state index in [9.17, 15) is 9.18 Å². The summed E-state index contributed by atoms with van der Waals surface area (Å²) in [5, 5.41) is -0.547. The van der Waals surface area contributed by atoms with Crippen molar-refractivity contribution in [3.8, 4) is 22.8 Å². The van der Waals surface area contributed by atoms with Gasteiger partial charge < -0.3 is 25.0 Å². The molecule has 5 rings (SSSR count). The van der Waals surface area contributed by atoms with Crippen LogP contribution in [0.2, 0.25) is 10.3 Å². The number of nitrogens with zero attached hydrogens (tertiary/aromatic N) is 7. The molecule has 1 aromatic carbocycles. The number of hydrogen-bond acceptors (Lipinski definition) is 10. The molecular weight excluding hydrogens is 538 g/mol. The first-order chi connectivity index (χ1) is 18.3. The average molecular weight is 559 g/mol. The number of fused-ring (bicyclic) bond motifs is 1. The van der Waals surface area contributed by atoms with Crippen molar-refractivity contribution in [2.24, 2.45) is 0 Å². The van der Waals surface area contributed by atoms with E-state index < -0.39 is 16.9 Å². The molecule has 3 aromatic heterocycles. The van der Waals surface area contributed by atoms with Crippen molar-refractivity contribution in [3.63, 3.8) is 0 Å². The van der Waals surface area contributed by atoms with Crippen LogP contribution in [0.5, 0.6) is 11.5 Å². The highest BCUT2D eigenvalue weighted by atomic mass is 35.5. The number of rotatable bonds is 5. The minimum absolute atomic E-state index is 0.0497. The maximum Gasteiger partial charge on any atom is 0.257 e. The molecule has 0 saturated carbocycles. The molecule has 1 fully saturated rings. The molecule has 1 aliphatic rings. The number of ether oxygens (including phenoxy) is 2. The number of nitrogens with two attached hydrogens (primary N) is 1. The lowest BCUT2D eigenvalue weighted by molar-refractivity contribution is 0.0746. The molecule has 0 unspecified atom stereocenters. The molecule has 4 aromatic rings. The lowest BCUT2D eigenvalue weighted by Gasteiger charge is -2.35. The second-order valence-corrected chi connectivity index (χ2v) is 9.00. The van der Waals surface area contributed by atoms with Crippen molar-refractivity contribution >= 4 is 52.0 Å². The van der Waals surface area contributed by atoms with Crippen LogP contribution in [0, 0.1) is 5.82 Å². The van der Waals surface area contributed by atoms with Crippen molar-refractivity contribution in [1.29, 1.82) is 0 Å². The number of benzene rings is 1. The van der Waals surface area contributed by atoms with Gasteiger partial charge in [-0.05, 0) is 24.3 Å². The van der Waals surface area contributed by atoms with E-state index in [4.69, 9.17) is 43.4 Å². The Morgan fingerprint density at radius 1 is 0.974 bits per heavy atom. The quantitative estimate of drug-likeness (QED) is 0.363. The van der Waals surface area contributed by atoms with Crippen molar-refractivity contribution in [1.82, 2.24) is 29.8 Å². The zero-order valence-electron chi connectivity index (χ0n) is 20.3. The predicted octanol–water partition coefficient (Wildman–Crippen LogP) is 3.49. The van der Waals surface area contributed by atoms with Gasteiger partial charge in [0.1, 0.15) is 5.15 Å². The van der Waals surface area contributed by atoms with Gasteiger partial charge >= 0.3 is 0 Å². The van der Waals surface area contributed by atoms with Crippen molar-refractivity contribution < 1.29 is 18.7 Å². The summed E-state index contributed by atoms with van der Waals surface area (Å²) in [6, 6.07) is 6.43. The molecule has 0 spiro atoms. The van der Waals surface area contributed by atoms with Crippen molar-refractivity contribution in [2.75, 3.05) is 51.0 Å². The predicted molar refractivity (Wildman–Crippen MR) is 140 cm³/mol. The zero-order chi connectivity index (χ0) is 27.0. The Morgan fingerprint density at radius 3 is 2.42 bits per heavy atom.